The molecule has 0 saturated heterocycles. The smallest absolute Gasteiger partial charge is 0.119 e. The summed E-state index contributed by atoms with van der Waals surface area (Å²) >= 11 is 0. The van der Waals surface area contributed by atoms with E-state index in [0.29, 0.717) is 0 Å². The third-order valence-electron chi connectivity index (χ3n) is 2.62. The van der Waals surface area contributed by atoms with Gasteiger partial charge >= 0.3 is 0 Å². The number of aryl methyl sites for hydroxylation is 1. The lowest BCUT2D eigenvalue weighted by molar-refractivity contribution is 0.242. The van der Waals surface area contributed by atoms with E-state index in [1.54, 1.807) is 6.20 Å². The number of hydrogen-bond donors (Lipinski definition) is 1. The highest BCUT2D eigenvalue weighted by Crippen LogP contribution is 2.17. The summed E-state index contributed by atoms with van der Waals surface area (Å²) in [5.74, 6) is 0.899. The number of nitrogens with one attached hydrogen (secondary N) is 1. The number of aromatic nitrogens is 2. The molecule has 1 aromatic carbocycles. The molecule has 0 aliphatic heterocycles. The SMILES string of the molecule is CC(C)Oc1ccc(NCc2ccnn2C)cc1. The molecule has 0 fully saturated rings. The van der Waals surface area contributed by atoms with E-state index in [4.69, 9.17) is 4.74 Å². The Morgan fingerprint density at radius 1 is 1.22 bits per heavy atom. The van der Waals surface area contributed by atoms with E-state index in [1.165, 1.54) is 0 Å². The quantitative estimate of drug-likeness (QED) is 0.880. The molecule has 1 heterocycles. The maximum Gasteiger partial charge on any atom is 0.119 e. The number of hydrogen-bond acceptors (Lipinski definition) is 3. The molecule has 4 nitrogen and oxygen atoms in total. The van der Waals surface area contributed by atoms with Crippen molar-refractivity contribution in [2.24, 2.45) is 7.05 Å². The summed E-state index contributed by atoms with van der Waals surface area (Å²) in [6, 6.07) is 10.0. The first-order chi connectivity index (χ1) is 8.65. The van der Waals surface area contributed by atoms with Crippen molar-refractivity contribution >= 4 is 5.69 Å². The fourth-order valence-electron chi connectivity index (χ4n) is 1.69. The van der Waals surface area contributed by atoms with Crippen LogP contribution in [-0.2, 0) is 13.6 Å². The van der Waals surface area contributed by atoms with E-state index in [2.05, 4.69) is 10.4 Å². The average Bonchev–Trinajstić information content (AvgIpc) is 2.73. The van der Waals surface area contributed by atoms with Crippen molar-refractivity contribution in [2.75, 3.05) is 5.32 Å². The van der Waals surface area contributed by atoms with Gasteiger partial charge in [0.25, 0.3) is 0 Å². The molecule has 1 aromatic heterocycles. The molecule has 2 aromatic rings. The van der Waals surface area contributed by atoms with Crippen LogP contribution in [0.25, 0.3) is 0 Å². The van der Waals surface area contributed by atoms with Crippen LogP contribution in [0.15, 0.2) is 36.5 Å². The van der Waals surface area contributed by atoms with Crippen LogP contribution in [0.2, 0.25) is 0 Å². The zero-order chi connectivity index (χ0) is 13.0. The van der Waals surface area contributed by atoms with Gasteiger partial charge in [-0.2, -0.15) is 5.10 Å². The lowest BCUT2D eigenvalue weighted by Gasteiger charge is -2.11. The van der Waals surface area contributed by atoms with E-state index in [9.17, 15) is 0 Å². The molecule has 2 rings (SSSR count). The molecule has 0 amide bonds. The van der Waals surface area contributed by atoms with E-state index >= 15 is 0 Å². The van der Waals surface area contributed by atoms with Crippen LogP contribution >= 0.6 is 0 Å². The number of ether oxygens (including phenoxy) is 1. The van der Waals surface area contributed by atoms with Gasteiger partial charge in [0.1, 0.15) is 5.75 Å². The van der Waals surface area contributed by atoms with Crippen molar-refractivity contribution in [3.05, 3.63) is 42.2 Å². The second-order valence-electron chi connectivity index (χ2n) is 4.49. The van der Waals surface area contributed by atoms with Gasteiger partial charge < -0.3 is 10.1 Å². The van der Waals surface area contributed by atoms with Crippen molar-refractivity contribution in [1.29, 1.82) is 0 Å². The molecule has 0 aliphatic rings. The van der Waals surface area contributed by atoms with Gasteiger partial charge in [-0.1, -0.05) is 0 Å². The summed E-state index contributed by atoms with van der Waals surface area (Å²) < 4.78 is 7.46. The van der Waals surface area contributed by atoms with Gasteiger partial charge in [-0.3, -0.25) is 4.68 Å². The van der Waals surface area contributed by atoms with Crippen LogP contribution in [-0.4, -0.2) is 15.9 Å². The number of nitrogens with zero attached hydrogens (tertiary/aromatic N) is 2. The van der Waals surface area contributed by atoms with E-state index in [1.807, 2.05) is 55.9 Å². The summed E-state index contributed by atoms with van der Waals surface area (Å²) in [6.07, 6.45) is 2.01. The zero-order valence-electron chi connectivity index (χ0n) is 11.1. The van der Waals surface area contributed by atoms with Crippen molar-refractivity contribution < 1.29 is 4.74 Å². The molecule has 0 radical (unpaired) electrons. The Morgan fingerprint density at radius 3 is 2.50 bits per heavy atom. The summed E-state index contributed by atoms with van der Waals surface area (Å²) in [6.45, 7) is 4.81. The monoisotopic (exact) mass is 245 g/mol. The van der Waals surface area contributed by atoms with Crippen LogP contribution in [0, 0.1) is 0 Å². The summed E-state index contributed by atoms with van der Waals surface area (Å²) in [5.41, 5.74) is 2.23. The van der Waals surface area contributed by atoms with E-state index in [-0.39, 0.29) is 6.10 Å². The first-order valence-electron chi connectivity index (χ1n) is 6.12. The highest BCUT2D eigenvalue weighted by atomic mass is 16.5. The van der Waals surface area contributed by atoms with Gasteiger partial charge in [-0.05, 0) is 44.2 Å². The van der Waals surface area contributed by atoms with Gasteiger partial charge in [-0.25, -0.2) is 0 Å². The fraction of sp³-hybridized carbons (Fsp3) is 0.357. The molecular weight excluding hydrogens is 226 g/mol. The topological polar surface area (TPSA) is 39.1 Å². The minimum Gasteiger partial charge on any atom is -0.491 e. The Balaban J connectivity index is 1.92. The first kappa shape index (κ1) is 12.5. The molecule has 4 heteroatoms. The normalized spacial score (nSPS) is 10.7. The van der Waals surface area contributed by atoms with Gasteiger partial charge in [-0.15, -0.1) is 0 Å². The van der Waals surface area contributed by atoms with Crippen LogP contribution < -0.4 is 10.1 Å². The second-order valence-corrected chi connectivity index (χ2v) is 4.49. The first-order valence-corrected chi connectivity index (χ1v) is 6.12. The predicted molar refractivity (Wildman–Crippen MR) is 72.7 cm³/mol. The van der Waals surface area contributed by atoms with Crippen molar-refractivity contribution in [2.45, 2.75) is 26.5 Å². The fourth-order valence-corrected chi connectivity index (χ4v) is 1.69. The Kier molecular flexibility index (Phi) is 3.87. The number of anilines is 1. The van der Waals surface area contributed by atoms with Crippen molar-refractivity contribution in [1.82, 2.24) is 9.78 Å². The minimum atomic E-state index is 0.207. The molecule has 0 bridgehead atoms. The summed E-state index contributed by atoms with van der Waals surface area (Å²) in [5, 5.41) is 7.48. The van der Waals surface area contributed by atoms with Gasteiger partial charge in [0, 0.05) is 18.9 Å². The van der Waals surface area contributed by atoms with Crippen LogP contribution in [0.4, 0.5) is 5.69 Å². The second kappa shape index (κ2) is 5.58. The minimum absolute atomic E-state index is 0.207. The standard InChI is InChI=1S/C14H19N3O/c1-11(2)18-14-6-4-12(5-7-14)15-10-13-8-9-16-17(13)3/h4-9,11,15H,10H2,1-3H3. The molecule has 1 N–H and O–H groups in total. The summed E-state index contributed by atoms with van der Waals surface area (Å²) in [7, 11) is 1.94. The Bertz CT molecular complexity index is 488. The highest BCUT2D eigenvalue weighted by Gasteiger charge is 2.00. The van der Waals surface area contributed by atoms with Crippen molar-refractivity contribution in [3.63, 3.8) is 0 Å². The highest BCUT2D eigenvalue weighted by molar-refractivity contribution is 5.46. The lowest BCUT2D eigenvalue weighted by Crippen LogP contribution is -2.06. The Morgan fingerprint density at radius 2 is 1.94 bits per heavy atom. The van der Waals surface area contributed by atoms with E-state index in [0.717, 1.165) is 23.7 Å². The Hall–Kier alpha value is -1.97. The molecule has 0 atom stereocenters. The third kappa shape index (κ3) is 3.26. The molecule has 96 valence electrons. The molecule has 0 aliphatic carbocycles. The molecule has 18 heavy (non-hydrogen) atoms. The molecule has 0 saturated carbocycles. The van der Waals surface area contributed by atoms with Gasteiger partial charge in [0.2, 0.25) is 0 Å². The number of benzene rings is 1. The van der Waals surface area contributed by atoms with Gasteiger partial charge in [0.15, 0.2) is 0 Å². The largest absolute Gasteiger partial charge is 0.491 e. The zero-order valence-corrected chi connectivity index (χ0v) is 11.1. The van der Waals surface area contributed by atoms with Crippen LogP contribution in [0.1, 0.15) is 19.5 Å². The maximum absolute atomic E-state index is 5.60. The molecule has 0 spiro atoms. The molecular formula is C14H19N3O. The maximum atomic E-state index is 5.60. The van der Waals surface area contributed by atoms with Crippen LogP contribution in [0.3, 0.4) is 0 Å². The lowest BCUT2D eigenvalue weighted by atomic mass is 10.3. The predicted octanol–water partition coefficient (Wildman–Crippen LogP) is 2.82. The van der Waals surface area contributed by atoms with E-state index < -0.39 is 0 Å². The van der Waals surface area contributed by atoms with Crippen molar-refractivity contribution in [3.8, 4) is 5.75 Å². The average molecular weight is 245 g/mol. The third-order valence-corrected chi connectivity index (χ3v) is 2.62. The van der Waals surface area contributed by atoms with Gasteiger partial charge in [0.05, 0.1) is 18.3 Å². The summed E-state index contributed by atoms with van der Waals surface area (Å²) in [4.78, 5) is 0. The number of rotatable bonds is 5. The van der Waals surface area contributed by atoms with Crippen LogP contribution in [0.5, 0.6) is 5.75 Å². The molecule has 0 unspecified atom stereocenters. The Labute approximate surface area is 108 Å².